The normalized spacial score (nSPS) is 14.8. The van der Waals surface area contributed by atoms with Gasteiger partial charge < -0.3 is 14.3 Å². The second kappa shape index (κ2) is 11.6. The first-order valence-corrected chi connectivity index (χ1v) is 13.1. The number of halogens is 1. The molecule has 0 radical (unpaired) electrons. The zero-order valence-electron chi connectivity index (χ0n) is 19.7. The molecule has 1 saturated carbocycles. The predicted octanol–water partition coefficient (Wildman–Crippen LogP) is 6.91. The first-order chi connectivity index (χ1) is 17.0. The summed E-state index contributed by atoms with van der Waals surface area (Å²) in [5.41, 5.74) is 2.10. The van der Waals surface area contributed by atoms with Gasteiger partial charge in [-0.2, -0.15) is 0 Å². The van der Waals surface area contributed by atoms with Crippen LogP contribution in [0.4, 0.5) is 10.5 Å². The van der Waals surface area contributed by atoms with Gasteiger partial charge in [-0.05, 0) is 54.9 Å². The number of nitrogens with one attached hydrogen (secondary N) is 1. The standard InChI is InChI=1S/C28H30BrNO5/c1-2-19(13-14-29)24-16-23(31)26(27(32)35-24)25(20-11-12-20)21-9-6-10-22(15-21)30-28(33)34-17-18-7-4-3-5-8-18/h3-10,15-16,19-20,25,31H,2,11-14,17H2,1H3,(H,30,33). The van der Waals surface area contributed by atoms with Crippen LogP contribution in [0.25, 0.3) is 0 Å². The van der Waals surface area contributed by atoms with Crippen molar-refractivity contribution < 1.29 is 19.1 Å². The quantitative estimate of drug-likeness (QED) is 0.273. The summed E-state index contributed by atoms with van der Waals surface area (Å²) in [6, 6.07) is 18.4. The summed E-state index contributed by atoms with van der Waals surface area (Å²) in [4.78, 5) is 25.4. The van der Waals surface area contributed by atoms with Crippen molar-refractivity contribution in [3.63, 3.8) is 0 Å². The van der Waals surface area contributed by atoms with Crippen molar-refractivity contribution >= 4 is 27.7 Å². The molecule has 2 unspecified atom stereocenters. The van der Waals surface area contributed by atoms with Gasteiger partial charge in [0.1, 0.15) is 18.1 Å². The van der Waals surface area contributed by atoms with Crippen LogP contribution in [0.2, 0.25) is 0 Å². The number of carbonyl (C=O) groups is 1. The fraction of sp³-hybridized carbons (Fsp3) is 0.357. The lowest BCUT2D eigenvalue weighted by molar-refractivity contribution is 0.155. The van der Waals surface area contributed by atoms with Gasteiger partial charge in [0.15, 0.2) is 0 Å². The Morgan fingerprint density at radius 2 is 1.94 bits per heavy atom. The molecule has 2 aromatic carbocycles. The van der Waals surface area contributed by atoms with E-state index in [4.69, 9.17) is 9.15 Å². The minimum Gasteiger partial charge on any atom is -0.507 e. The number of rotatable bonds is 10. The number of carbonyl (C=O) groups excluding carboxylic acids is 1. The van der Waals surface area contributed by atoms with Crippen molar-refractivity contribution in [1.29, 1.82) is 0 Å². The summed E-state index contributed by atoms with van der Waals surface area (Å²) in [7, 11) is 0. The van der Waals surface area contributed by atoms with E-state index in [0.717, 1.165) is 42.1 Å². The van der Waals surface area contributed by atoms with E-state index >= 15 is 0 Å². The van der Waals surface area contributed by atoms with Crippen LogP contribution in [0.15, 0.2) is 69.9 Å². The van der Waals surface area contributed by atoms with Gasteiger partial charge in [0.25, 0.3) is 0 Å². The van der Waals surface area contributed by atoms with E-state index in [-0.39, 0.29) is 35.7 Å². The number of hydrogen-bond acceptors (Lipinski definition) is 5. The topological polar surface area (TPSA) is 88.8 Å². The number of benzene rings is 2. The molecular weight excluding hydrogens is 510 g/mol. The highest BCUT2D eigenvalue weighted by Gasteiger charge is 2.37. The Kier molecular flexibility index (Phi) is 8.29. The van der Waals surface area contributed by atoms with Crippen LogP contribution in [0.3, 0.4) is 0 Å². The fourth-order valence-electron chi connectivity index (χ4n) is 4.47. The Morgan fingerprint density at radius 3 is 2.60 bits per heavy atom. The third-order valence-corrected chi connectivity index (χ3v) is 6.91. The minimum absolute atomic E-state index is 0.0261. The highest BCUT2D eigenvalue weighted by molar-refractivity contribution is 9.09. The van der Waals surface area contributed by atoms with Crippen molar-refractivity contribution in [3.05, 3.63) is 93.5 Å². The molecule has 6 nitrogen and oxygen atoms in total. The van der Waals surface area contributed by atoms with E-state index in [2.05, 4.69) is 21.2 Å². The zero-order valence-corrected chi connectivity index (χ0v) is 21.3. The maximum atomic E-state index is 13.1. The van der Waals surface area contributed by atoms with E-state index < -0.39 is 11.7 Å². The van der Waals surface area contributed by atoms with Crippen LogP contribution < -0.4 is 10.9 Å². The lowest BCUT2D eigenvalue weighted by Crippen LogP contribution is -2.18. The van der Waals surface area contributed by atoms with Gasteiger partial charge in [-0.25, -0.2) is 9.59 Å². The molecule has 0 aliphatic heterocycles. The average Bonchev–Trinajstić information content (AvgIpc) is 3.69. The third-order valence-electron chi connectivity index (χ3n) is 6.45. The Hall–Kier alpha value is -3.06. The summed E-state index contributed by atoms with van der Waals surface area (Å²) in [5, 5.41) is 14.5. The molecule has 1 amide bonds. The zero-order chi connectivity index (χ0) is 24.8. The summed E-state index contributed by atoms with van der Waals surface area (Å²) in [5.74, 6) is 0.486. The van der Waals surface area contributed by atoms with E-state index in [1.807, 2.05) is 55.5 Å². The van der Waals surface area contributed by atoms with Crippen molar-refractivity contribution in [1.82, 2.24) is 0 Å². The first kappa shape index (κ1) is 25.0. The molecule has 35 heavy (non-hydrogen) atoms. The Bertz CT molecular complexity index is 1210. The summed E-state index contributed by atoms with van der Waals surface area (Å²) in [6.45, 7) is 2.21. The second-order valence-corrected chi connectivity index (χ2v) is 9.74. The number of hydrogen-bond donors (Lipinski definition) is 2. The molecule has 1 fully saturated rings. The summed E-state index contributed by atoms with van der Waals surface area (Å²) in [6.07, 6.45) is 3.00. The van der Waals surface area contributed by atoms with E-state index in [9.17, 15) is 14.7 Å². The molecule has 184 valence electrons. The van der Waals surface area contributed by atoms with Crippen LogP contribution >= 0.6 is 15.9 Å². The maximum Gasteiger partial charge on any atom is 0.411 e. The van der Waals surface area contributed by atoms with Gasteiger partial charge in [0, 0.05) is 28.9 Å². The Balaban J connectivity index is 1.55. The van der Waals surface area contributed by atoms with E-state index in [1.54, 1.807) is 12.1 Å². The Morgan fingerprint density at radius 1 is 1.17 bits per heavy atom. The van der Waals surface area contributed by atoms with E-state index in [1.165, 1.54) is 0 Å². The molecule has 2 atom stereocenters. The molecule has 1 aliphatic rings. The number of ether oxygens (including phenoxy) is 1. The van der Waals surface area contributed by atoms with Crippen LogP contribution in [-0.4, -0.2) is 16.5 Å². The number of aromatic hydroxyl groups is 1. The van der Waals surface area contributed by atoms with Gasteiger partial charge in [-0.3, -0.25) is 5.32 Å². The predicted molar refractivity (Wildman–Crippen MR) is 139 cm³/mol. The molecule has 0 bridgehead atoms. The Labute approximate surface area is 213 Å². The molecule has 0 spiro atoms. The van der Waals surface area contributed by atoms with Crippen molar-refractivity contribution in [2.75, 3.05) is 10.6 Å². The smallest absolute Gasteiger partial charge is 0.411 e. The van der Waals surface area contributed by atoms with Gasteiger partial charge in [-0.15, -0.1) is 0 Å². The minimum atomic E-state index is -0.557. The molecular formula is C28H30BrNO5. The van der Waals surface area contributed by atoms with Gasteiger partial charge in [0.2, 0.25) is 0 Å². The largest absolute Gasteiger partial charge is 0.507 e. The van der Waals surface area contributed by atoms with Crippen LogP contribution in [0, 0.1) is 5.92 Å². The second-order valence-electron chi connectivity index (χ2n) is 8.95. The molecule has 1 aromatic heterocycles. The first-order valence-electron chi connectivity index (χ1n) is 12.0. The van der Waals surface area contributed by atoms with Crippen molar-refractivity contribution in [3.8, 4) is 5.75 Å². The highest BCUT2D eigenvalue weighted by Crippen LogP contribution is 2.48. The number of anilines is 1. The molecule has 0 saturated heterocycles. The lowest BCUT2D eigenvalue weighted by atomic mass is 9.86. The van der Waals surface area contributed by atoms with Gasteiger partial charge in [-0.1, -0.05) is 65.3 Å². The maximum absolute atomic E-state index is 13.1. The van der Waals surface area contributed by atoms with Gasteiger partial charge in [0.05, 0.1) is 5.56 Å². The molecule has 3 aromatic rings. The highest BCUT2D eigenvalue weighted by atomic mass is 79.9. The van der Waals surface area contributed by atoms with Crippen LogP contribution in [0.5, 0.6) is 5.75 Å². The van der Waals surface area contributed by atoms with E-state index in [0.29, 0.717) is 11.4 Å². The molecule has 2 N–H and O–H groups in total. The number of alkyl halides is 1. The molecule has 1 aliphatic carbocycles. The third kappa shape index (κ3) is 6.34. The monoisotopic (exact) mass is 539 g/mol. The van der Waals surface area contributed by atoms with Gasteiger partial charge >= 0.3 is 11.7 Å². The average molecular weight is 540 g/mol. The number of amides is 1. The SMILES string of the molecule is CCC(CCBr)c1cc(O)c(C(c2cccc(NC(=O)OCc3ccccc3)c2)C2CC2)c(=O)o1. The van der Waals surface area contributed by atoms with Crippen LogP contribution in [-0.2, 0) is 11.3 Å². The fourth-order valence-corrected chi connectivity index (χ4v) is 5.02. The van der Waals surface area contributed by atoms with Crippen molar-refractivity contribution in [2.24, 2.45) is 5.92 Å². The molecule has 1 heterocycles. The van der Waals surface area contributed by atoms with Crippen LogP contribution in [0.1, 0.15) is 66.9 Å². The van der Waals surface area contributed by atoms with Crippen molar-refractivity contribution in [2.45, 2.75) is 51.0 Å². The summed E-state index contributed by atoms with van der Waals surface area (Å²) < 4.78 is 11.0. The molecule has 4 rings (SSSR count). The molecule has 7 heteroatoms. The summed E-state index contributed by atoms with van der Waals surface area (Å²) >= 11 is 3.44. The lowest BCUT2D eigenvalue weighted by Gasteiger charge is -2.20.